The summed E-state index contributed by atoms with van der Waals surface area (Å²) in [4.78, 5) is 17.3. The minimum atomic E-state index is -4.54. The van der Waals surface area contributed by atoms with E-state index in [9.17, 15) is 18.0 Å². The molecule has 0 atom stereocenters. The van der Waals surface area contributed by atoms with E-state index in [1.54, 1.807) is 0 Å². The molecule has 0 aliphatic carbocycles. The number of rotatable bonds is 4. The molecular formula is C13H11ClF3N3O2. The van der Waals surface area contributed by atoms with Crippen LogP contribution in [-0.4, -0.2) is 34.5 Å². The first kappa shape index (κ1) is 16.3. The number of hydrogen-bond donors (Lipinski definition) is 0. The number of benzene rings is 1. The number of carbonyl (C=O) groups is 1. The number of halogens is 4. The molecule has 0 unspecified atom stereocenters. The largest absolute Gasteiger partial charge is 0.416 e. The van der Waals surface area contributed by atoms with Crippen LogP contribution in [0.4, 0.5) is 13.2 Å². The van der Waals surface area contributed by atoms with E-state index in [1.807, 2.05) is 0 Å². The zero-order valence-electron chi connectivity index (χ0n) is 11.4. The van der Waals surface area contributed by atoms with Crippen LogP contribution in [0.25, 0.3) is 0 Å². The molecule has 5 nitrogen and oxygen atoms in total. The molecule has 1 aromatic carbocycles. The lowest BCUT2D eigenvalue weighted by atomic mass is 10.1. The van der Waals surface area contributed by atoms with Gasteiger partial charge in [0, 0.05) is 20.0 Å². The molecule has 0 spiro atoms. The summed E-state index contributed by atoms with van der Waals surface area (Å²) in [6.45, 7) is 0.213. The molecule has 0 fully saturated rings. The summed E-state index contributed by atoms with van der Waals surface area (Å²) in [6, 6.07) is 2.64. The van der Waals surface area contributed by atoms with Gasteiger partial charge >= 0.3 is 6.18 Å². The van der Waals surface area contributed by atoms with Crippen LogP contribution in [-0.2, 0) is 12.6 Å². The van der Waals surface area contributed by atoms with E-state index < -0.39 is 17.6 Å². The van der Waals surface area contributed by atoms with E-state index in [4.69, 9.17) is 11.6 Å². The Kier molecular flexibility index (Phi) is 4.70. The fourth-order valence-electron chi connectivity index (χ4n) is 1.74. The highest BCUT2D eigenvalue weighted by Gasteiger charge is 2.32. The third-order valence-electron chi connectivity index (χ3n) is 2.95. The van der Waals surface area contributed by atoms with Gasteiger partial charge in [-0.25, -0.2) is 0 Å². The summed E-state index contributed by atoms with van der Waals surface area (Å²) in [5.41, 5.74) is -1.13. The third-order valence-corrected chi connectivity index (χ3v) is 3.28. The second kappa shape index (κ2) is 6.35. The van der Waals surface area contributed by atoms with Gasteiger partial charge in [-0.05, 0) is 18.2 Å². The molecule has 2 rings (SSSR count). The highest BCUT2D eigenvalue weighted by Crippen LogP contribution is 2.32. The summed E-state index contributed by atoms with van der Waals surface area (Å²) >= 11 is 5.83. The minimum Gasteiger partial charge on any atom is -0.343 e. The number of likely N-dealkylation sites (N-methyl/N-ethyl adjacent to an activating group) is 1. The Labute approximate surface area is 128 Å². The average molecular weight is 334 g/mol. The van der Waals surface area contributed by atoms with Crippen molar-refractivity contribution < 1.29 is 22.5 Å². The Balaban J connectivity index is 2.14. The first-order valence-electron chi connectivity index (χ1n) is 6.16. The maximum absolute atomic E-state index is 12.7. The van der Waals surface area contributed by atoms with Crippen molar-refractivity contribution in [3.8, 4) is 0 Å². The van der Waals surface area contributed by atoms with E-state index >= 15 is 0 Å². The smallest absolute Gasteiger partial charge is 0.343 e. The predicted octanol–water partition coefficient (Wildman–Crippen LogP) is 3.06. The quantitative estimate of drug-likeness (QED) is 0.863. The first-order chi connectivity index (χ1) is 10.3. The normalized spacial score (nSPS) is 11.5. The second-order valence-electron chi connectivity index (χ2n) is 4.52. The van der Waals surface area contributed by atoms with Gasteiger partial charge in [0.2, 0.25) is 6.39 Å². The highest BCUT2D eigenvalue weighted by atomic mass is 35.5. The van der Waals surface area contributed by atoms with Crippen LogP contribution in [0.3, 0.4) is 0 Å². The fourth-order valence-corrected chi connectivity index (χ4v) is 1.94. The molecule has 2 aromatic rings. The summed E-state index contributed by atoms with van der Waals surface area (Å²) in [7, 11) is 1.46. The van der Waals surface area contributed by atoms with Crippen molar-refractivity contribution in [3.63, 3.8) is 0 Å². The summed E-state index contributed by atoms with van der Waals surface area (Å²) in [5, 5.41) is 3.55. The fraction of sp³-hybridized carbons (Fsp3) is 0.308. The van der Waals surface area contributed by atoms with Crippen molar-refractivity contribution in [2.45, 2.75) is 12.6 Å². The molecular weight excluding hydrogens is 323 g/mol. The number of nitrogens with zero attached hydrogens (tertiary/aromatic N) is 3. The number of amides is 1. The molecule has 118 valence electrons. The minimum absolute atomic E-state index is 0.0376. The van der Waals surface area contributed by atoms with Gasteiger partial charge in [0.25, 0.3) is 5.91 Å². The topological polar surface area (TPSA) is 59.2 Å². The highest BCUT2D eigenvalue weighted by molar-refractivity contribution is 6.33. The third kappa shape index (κ3) is 3.76. The Morgan fingerprint density at radius 3 is 2.73 bits per heavy atom. The van der Waals surface area contributed by atoms with Gasteiger partial charge in [-0.1, -0.05) is 16.8 Å². The predicted molar refractivity (Wildman–Crippen MR) is 71.4 cm³/mol. The van der Waals surface area contributed by atoms with Crippen molar-refractivity contribution in [1.82, 2.24) is 15.0 Å². The van der Waals surface area contributed by atoms with Crippen molar-refractivity contribution in [2.75, 3.05) is 13.6 Å². The Morgan fingerprint density at radius 1 is 1.41 bits per heavy atom. The molecule has 1 amide bonds. The van der Waals surface area contributed by atoms with Crippen LogP contribution >= 0.6 is 11.6 Å². The molecule has 0 N–H and O–H groups in total. The molecule has 0 aliphatic heterocycles. The number of aromatic nitrogens is 2. The summed E-state index contributed by atoms with van der Waals surface area (Å²) < 4.78 is 42.7. The van der Waals surface area contributed by atoms with Gasteiger partial charge in [-0.15, -0.1) is 0 Å². The van der Waals surface area contributed by atoms with Crippen molar-refractivity contribution in [2.24, 2.45) is 0 Å². The van der Waals surface area contributed by atoms with E-state index in [1.165, 1.54) is 11.9 Å². The average Bonchev–Trinajstić information content (AvgIpc) is 2.96. The van der Waals surface area contributed by atoms with Crippen LogP contribution < -0.4 is 0 Å². The van der Waals surface area contributed by atoms with Gasteiger partial charge in [-0.3, -0.25) is 4.79 Å². The maximum Gasteiger partial charge on any atom is 0.416 e. The number of carbonyl (C=O) groups excluding carboxylic acids is 1. The second-order valence-corrected chi connectivity index (χ2v) is 4.92. The summed E-state index contributed by atoms with van der Waals surface area (Å²) in [6.07, 6.45) is -3.07. The molecule has 0 bridgehead atoms. The Morgan fingerprint density at radius 2 is 2.14 bits per heavy atom. The number of alkyl halides is 3. The molecule has 9 heteroatoms. The molecule has 0 radical (unpaired) electrons. The molecule has 22 heavy (non-hydrogen) atoms. The number of hydrogen-bond acceptors (Lipinski definition) is 4. The van der Waals surface area contributed by atoms with Gasteiger partial charge < -0.3 is 9.42 Å². The molecule has 0 aliphatic rings. The molecule has 0 saturated carbocycles. The van der Waals surface area contributed by atoms with E-state index in [0.29, 0.717) is 12.2 Å². The van der Waals surface area contributed by atoms with Crippen LogP contribution in [0.1, 0.15) is 21.7 Å². The van der Waals surface area contributed by atoms with Crippen LogP contribution in [0, 0.1) is 0 Å². The zero-order valence-corrected chi connectivity index (χ0v) is 12.1. The lowest BCUT2D eigenvalue weighted by Gasteiger charge is -2.18. The monoisotopic (exact) mass is 333 g/mol. The van der Waals surface area contributed by atoms with E-state index in [2.05, 4.69) is 14.7 Å². The van der Waals surface area contributed by atoms with Gasteiger partial charge in [0.1, 0.15) is 0 Å². The van der Waals surface area contributed by atoms with Crippen LogP contribution in [0.2, 0.25) is 5.02 Å². The Bertz CT molecular complexity index is 659. The lowest BCUT2D eigenvalue weighted by molar-refractivity contribution is -0.137. The van der Waals surface area contributed by atoms with Crippen LogP contribution in [0.5, 0.6) is 0 Å². The van der Waals surface area contributed by atoms with Gasteiger partial charge in [-0.2, -0.15) is 18.2 Å². The summed E-state index contributed by atoms with van der Waals surface area (Å²) in [5.74, 6) is -0.214. The molecule has 1 aromatic heterocycles. The molecule has 0 saturated heterocycles. The van der Waals surface area contributed by atoms with Crippen LogP contribution in [0.15, 0.2) is 29.1 Å². The maximum atomic E-state index is 12.7. The standard InChI is InChI=1S/C13H11ClF3N3O2/c1-20(5-4-11-18-7-22-19-11)12(21)9-6-8(13(15,16)17)2-3-10(9)14/h2-3,6-7H,4-5H2,1H3. The lowest BCUT2D eigenvalue weighted by Crippen LogP contribution is -2.29. The van der Waals surface area contributed by atoms with Crippen molar-refractivity contribution in [1.29, 1.82) is 0 Å². The SMILES string of the molecule is CN(CCc1ncon1)C(=O)c1cc(C(F)(F)F)ccc1Cl. The van der Waals surface area contributed by atoms with Gasteiger partial charge in [0.15, 0.2) is 5.82 Å². The van der Waals surface area contributed by atoms with Crippen molar-refractivity contribution >= 4 is 17.5 Å². The van der Waals surface area contributed by atoms with Gasteiger partial charge in [0.05, 0.1) is 16.1 Å². The zero-order chi connectivity index (χ0) is 16.3. The Hall–Kier alpha value is -2.09. The van der Waals surface area contributed by atoms with Crippen molar-refractivity contribution in [3.05, 3.63) is 46.6 Å². The molecule has 1 heterocycles. The first-order valence-corrected chi connectivity index (χ1v) is 6.54. The van der Waals surface area contributed by atoms with E-state index in [0.717, 1.165) is 24.6 Å². The van der Waals surface area contributed by atoms with E-state index in [-0.39, 0.29) is 17.1 Å².